The molecule has 1 spiro atoms. The fourth-order valence-electron chi connectivity index (χ4n) is 6.90. The molecule has 0 saturated heterocycles. The van der Waals surface area contributed by atoms with Crippen LogP contribution in [-0.2, 0) is 4.79 Å². The summed E-state index contributed by atoms with van der Waals surface area (Å²) in [6, 6.07) is 0. The molecule has 7 aliphatic rings. The second kappa shape index (κ2) is 3.02. The first-order valence-electron chi connectivity index (χ1n) is 8.27. The van der Waals surface area contributed by atoms with Crippen molar-refractivity contribution < 1.29 is 4.79 Å². The molecule has 1 heteroatoms. The van der Waals surface area contributed by atoms with Crippen LogP contribution in [0.3, 0.4) is 0 Å². The van der Waals surface area contributed by atoms with Crippen molar-refractivity contribution in [2.75, 3.05) is 0 Å². The molecule has 0 aromatic carbocycles. The quantitative estimate of drug-likeness (QED) is 0.602. The van der Waals surface area contributed by atoms with Gasteiger partial charge >= 0.3 is 0 Å². The van der Waals surface area contributed by atoms with E-state index in [0.29, 0.717) is 29.0 Å². The van der Waals surface area contributed by atoms with Gasteiger partial charge in [0.15, 0.2) is 0 Å². The van der Waals surface area contributed by atoms with E-state index in [1.165, 1.54) is 25.7 Å². The molecule has 4 bridgehead atoms. The molecular weight excluding hydrogens is 232 g/mol. The lowest BCUT2D eigenvalue weighted by Crippen LogP contribution is -2.69. The van der Waals surface area contributed by atoms with Crippen molar-refractivity contribution in [3.05, 3.63) is 12.2 Å². The molecule has 0 amide bonds. The molecule has 0 radical (unpaired) electrons. The van der Waals surface area contributed by atoms with Gasteiger partial charge in [0, 0.05) is 11.8 Å². The highest BCUT2D eigenvalue weighted by molar-refractivity contribution is 5.89. The van der Waals surface area contributed by atoms with E-state index in [2.05, 4.69) is 26.0 Å². The number of Topliss-reactive ketones (excluding diaryl/α,β-unsaturated/α-hetero) is 1. The van der Waals surface area contributed by atoms with Crippen molar-refractivity contribution in [2.45, 2.75) is 46.0 Å². The van der Waals surface area contributed by atoms with Gasteiger partial charge in [-0.15, -0.1) is 0 Å². The van der Waals surface area contributed by atoms with Crippen LogP contribution in [0.15, 0.2) is 12.2 Å². The van der Waals surface area contributed by atoms with Crippen molar-refractivity contribution in [3.8, 4) is 0 Å². The first kappa shape index (κ1) is 11.1. The number of rotatable bonds is 0. The summed E-state index contributed by atoms with van der Waals surface area (Å²) in [5.41, 5.74) is 0.498. The lowest BCUT2D eigenvalue weighted by atomic mass is 9.32. The highest BCUT2D eigenvalue weighted by Gasteiger charge is 2.71. The summed E-state index contributed by atoms with van der Waals surface area (Å²) in [5.74, 6) is 5.17. The van der Waals surface area contributed by atoms with E-state index in [4.69, 9.17) is 0 Å². The molecule has 0 aromatic rings. The molecule has 0 aromatic heterocycles. The van der Waals surface area contributed by atoms with Crippen LogP contribution in [0.25, 0.3) is 0 Å². The van der Waals surface area contributed by atoms with Crippen LogP contribution in [-0.4, -0.2) is 5.78 Å². The van der Waals surface area contributed by atoms with Crippen LogP contribution in [0.1, 0.15) is 46.0 Å². The summed E-state index contributed by atoms with van der Waals surface area (Å²) in [7, 11) is 0. The Hall–Kier alpha value is -0.590. The predicted molar refractivity (Wildman–Crippen MR) is 74.4 cm³/mol. The van der Waals surface area contributed by atoms with E-state index in [1.54, 1.807) is 0 Å². The Morgan fingerprint density at radius 1 is 1.16 bits per heavy atom. The maximum atomic E-state index is 12.9. The van der Waals surface area contributed by atoms with Crippen LogP contribution < -0.4 is 0 Å². The summed E-state index contributed by atoms with van der Waals surface area (Å²) in [5, 5.41) is 0. The molecule has 1 nitrogen and oxygen atoms in total. The summed E-state index contributed by atoms with van der Waals surface area (Å²) < 4.78 is 0. The first-order valence-corrected chi connectivity index (χ1v) is 8.27. The van der Waals surface area contributed by atoms with Gasteiger partial charge in [0.05, 0.1) is 0 Å². The zero-order chi connectivity index (χ0) is 13.0. The van der Waals surface area contributed by atoms with Gasteiger partial charge in [-0.25, -0.2) is 0 Å². The highest BCUT2D eigenvalue weighted by Crippen LogP contribution is 2.74. The van der Waals surface area contributed by atoms with Gasteiger partial charge in [-0.05, 0) is 66.6 Å². The standard InChI is InChI=1S/C18H24O/c1-17(2)11-7-15(17)18(16(19)8-11)9-10-3-6-14(18)13-5-4-12(10)13/h3,6,10-15H,4-5,7-9H2,1-2H3/t10-,11+,12-,13-,14-,15+,18+/m0/s1. The Kier molecular flexibility index (Phi) is 1.77. The number of hydrogen-bond acceptors (Lipinski definition) is 1. The minimum Gasteiger partial charge on any atom is -0.299 e. The van der Waals surface area contributed by atoms with Gasteiger partial charge in [-0.1, -0.05) is 26.0 Å². The Morgan fingerprint density at radius 3 is 2.58 bits per heavy atom. The molecule has 102 valence electrons. The molecule has 7 rings (SSSR count). The number of fused-ring (bicyclic) bond motifs is 1. The van der Waals surface area contributed by atoms with Crippen molar-refractivity contribution in [1.82, 2.24) is 0 Å². The van der Waals surface area contributed by atoms with Crippen molar-refractivity contribution in [1.29, 1.82) is 0 Å². The molecule has 19 heavy (non-hydrogen) atoms. The van der Waals surface area contributed by atoms with Gasteiger partial charge in [-0.2, -0.15) is 0 Å². The summed E-state index contributed by atoms with van der Waals surface area (Å²) >= 11 is 0. The van der Waals surface area contributed by atoms with E-state index in [9.17, 15) is 4.79 Å². The topological polar surface area (TPSA) is 17.1 Å². The van der Waals surface area contributed by atoms with E-state index < -0.39 is 0 Å². The number of carbonyl (C=O) groups is 1. The third-order valence-corrected chi connectivity index (χ3v) is 8.17. The fraction of sp³-hybridized carbons (Fsp3) is 0.833. The minimum atomic E-state index is 0.0687. The average Bonchev–Trinajstić information content (AvgIpc) is 2.32. The zero-order valence-corrected chi connectivity index (χ0v) is 12.1. The number of allylic oxidation sites excluding steroid dienone is 2. The second-order valence-corrected chi connectivity index (χ2v) is 8.66. The Bertz CT molecular complexity index is 502. The number of carbonyl (C=O) groups excluding carboxylic acids is 1. The summed E-state index contributed by atoms with van der Waals surface area (Å²) in [4.78, 5) is 12.9. The molecule has 0 aliphatic heterocycles. The van der Waals surface area contributed by atoms with E-state index in [0.717, 1.165) is 24.2 Å². The Labute approximate surface area is 115 Å². The highest BCUT2D eigenvalue weighted by atomic mass is 16.1. The smallest absolute Gasteiger partial charge is 0.140 e. The Morgan fingerprint density at radius 2 is 1.95 bits per heavy atom. The monoisotopic (exact) mass is 256 g/mol. The number of hydrogen-bond donors (Lipinski definition) is 0. The largest absolute Gasteiger partial charge is 0.299 e. The molecular formula is C18H24O. The van der Waals surface area contributed by atoms with Gasteiger partial charge in [0.1, 0.15) is 5.78 Å². The first-order chi connectivity index (χ1) is 9.05. The van der Waals surface area contributed by atoms with E-state index >= 15 is 0 Å². The van der Waals surface area contributed by atoms with Gasteiger partial charge in [0.2, 0.25) is 0 Å². The Balaban J connectivity index is 1.64. The molecule has 5 saturated carbocycles. The van der Waals surface area contributed by atoms with E-state index in [-0.39, 0.29) is 5.41 Å². The molecule has 7 atom stereocenters. The van der Waals surface area contributed by atoms with Crippen LogP contribution >= 0.6 is 0 Å². The normalized spacial score (nSPS) is 59.6. The zero-order valence-electron chi connectivity index (χ0n) is 12.1. The van der Waals surface area contributed by atoms with Crippen molar-refractivity contribution in [2.24, 2.45) is 46.3 Å². The molecule has 0 N–H and O–H groups in total. The van der Waals surface area contributed by atoms with Crippen LogP contribution in [0.2, 0.25) is 0 Å². The lowest BCUT2D eigenvalue weighted by Gasteiger charge is -2.71. The van der Waals surface area contributed by atoms with Gasteiger partial charge in [-0.3, -0.25) is 4.79 Å². The number of ketones is 1. The molecule has 0 heterocycles. The maximum absolute atomic E-state index is 12.9. The fourth-order valence-corrected chi connectivity index (χ4v) is 6.90. The van der Waals surface area contributed by atoms with Crippen molar-refractivity contribution in [3.63, 3.8) is 0 Å². The van der Waals surface area contributed by atoms with Crippen LogP contribution in [0.5, 0.6) is 0 Å². The predicted octanol–water partition coefficient (Wildman–Crippen LogP) is 3.84. The van der Waals surface area contributed by atoms with Gasteiger partial charge in [0.25, 0.3) is 0 Å². The van der Waals surface area contributed by atoms with Crippen molar-refractivity contribution >= 4 is 5.78 Å². The lowest BCUT2D eigenvalue weighted by molar-refractivity contribution is -0.213. The third-order valence-electron chi connectivity index (χ3n) is 8.17. The maximum Gasteiger partial charge on any atom is 0.140 e. The third kappa shape index (κ3) is 0.997. The average molecular weight is 256 g/mol. The SMILES string of the molecule is CC1(C)[C@H]2CC(=O)[C@@]3(C[C@@H]4C=C[C@H]3[C@H]3CC[C@H]34)[C@@H]1C2. The van der Waals surface area contributed by atoms with Gasteiger partial charge < -0.3 is 0 Å². The van der Waals surface area contributed by atoms with Crippen LogP contribution in [0.4, 0.5) is 0 Å². The van der Waals surface area contributed by atoms with E-state index in [1.807, 2.05) is 0 Å². The second-order valence-electron chi connectivity index (χ2n) is 8.66. The molecule has 0 unspecified atom stereocenters. The molecule has 5 fully saturated rings. The summed E-state index contributed by atoms with van der Waals surface area (Å²) in [6.07, 6.45) is 11.2. The molecule has 7 aliphatic carbocycles. The van der Waals surface area contributed by atoms with Crippen LogP contribution in [0, 0.1) is 46.3 Å². The summed E-state index contributed by atoms with van der Waals surface area (Å²) in [6.45, 7) is 4.87. The minimum absolute atomic E-state index is 0.0687.